The average molecular weight is 289 g/mol. The Hall–Kier alpha value is -2.04. The molecule has 1 aromatic rings. The second-order valence-corrected chi connectivity index (χ2v) is 5.37. The number of nitrogens with one attached hydrogen (secondary N) is 2. The van der Waals surface area contributed by atoms with Gasteiger partial charge in [0.1, 0.15) is 0 Å². The molecule has 1 unspecified atom stereocenters. The van der Waals surface area contributed by atoms with Gasteiger partial charge in [-0.2, -0.15) is 0 Å². The molecule has 0 spiro atoms. The van der Waals surface area contributed by atoms with E-state index in [0.717, 1.165) is 24.9 Å². The third-order valence-corrected chi connectivity index (χ3v) is 3.65. The van der Waals surface area contributed by atoms with E-state index in [1.54, 1.807) is 4.90 Å². The molecule has 0 saturated carbocycles. The maximum absolute atomic E-state index is 12.2. The van der Waals surface area contributed by atoms with Crippen LogP contribution in [0.25, 0.3) is 0 Å². The summed E-state index contributed by atoms with van der Waals surface area (Å²) in [7, 11) is 0. The van der Waals surface area contributed by atoms with E-state index in [0.29, 0.717) is 19.6 Å². The maximum Gasteiger partial charge on any atom is 0.321 e. The van der Waals surface area contributed by atoms with Crippen LogP contribution in [-0.2, 0) is 4.79 Å². The molecule has 1 aliphatic heterocycles. The van der Waals surface area contributed by atoms with E-state index in [9.17, 15) is 9.59 Å². The van der Waals surface area contributed by atoms with Gasteiger partial charge < -0.3 is 15.5 Å². The summed E-state index contributed by atoms with van der Waals surface area (Å²) in [4.78, 5) is 26.0. The molecular weight excluding hydrogens is 266 g/mol. The average Bonchev–Trinajstić information content (AvgIpc) is 2.53. The third kappa shape index (κ3) is 4.48. The number of likely N-dealkylation sites (tertiary alicyclic amines) is 1. The van der Waals surface area contributed by atoms with Crippen LogP contribution in [0.3, 0.4) is 0 Å². The van der Waals surface area contributed by atoms with Crippen molar-refractivity contribution in [3.8, 4) is 0 Å². The van der Waals surface area contributed by atoms with Crippen LogP contribution < -0.4 is 10.6 Å². The van der Waals surface area contributed by atoms with E-state index >= 15 is 0 Å². The lowest BCUT2D eigenvalue weighted by Crippen LogP contribution is -2.47. The van der Waals surface area contributed by atoms with Crippen LogP contribution in [0, 0.1) is 5.92 Å². The number of nitrogens with zero attached hydrogens (tertiary/aromatic N) is 1. The summed E-state index contributed by atoms with van der Waals surface area (Å²) in [5, 5.41) is 5.78. The predicted molar refractivity (Wildman–Crippen MR) is 83.1 cm³/mol. The lowest BCUT2D eigenvalue weighted by atomic mass is 9.97. The molecule has 1 aromatic carbocycles. The number of carbonyl (C=O) groups is 2. The molecule has 114 valence electrons. The Kier molecular flexibility index (Phi) is 5.60. The summed E-state index contributed by atoms with van der Waals surface area (Å²) in [5.41, 5.74) is 0.778. The Balaban J connectivity index is 1.88. The van der Waals surface area contributed by atoms with E-state index in [2.05, 4.69) is 10.6 Å². The van der Waals surface area contributed by atoms with Gasteiger partial charge in [-0.15, -0.1) is 0 Å². The zero-order valence-corrected chi connectivity index (χ0v) is 12.5. The second-order valence-electron chi connectivity index (χ2n) is 5.37. The summed E-state index contributed by atoms with van der Waals surface area (Å²) < 4.78 is 0. The predicted octanol–water partition coefficient (Wildman–Crippen LogP) is 2.46. The minimum atomic E-state index is -0.130. The van der Waals surface area contributed by atoms with Gasteiger partial charge in [-0.1, -0.05) is 25.1 Å². The first-order valence-corrected chi connectivity index (χ1v) is 7.59. The Morgan fingerprint density at radius 1 is 1.29 bits per heavy atom. The van der Waals surface area contributed by atoms with Crippen molar-refractivity contribution in [2.75, 3.05) is 25.0 Å². The molecule has 0 bridgehead atoms. The molecule has 1 aliphatic rings. The molecule has 0 radical (unpaired) electrons. The molecule has 5 heteroatoms. The Bertz CT molecular complexity index is 476. The van der Waals surface area contributed by atoms with E-state index in [4.69, 9.17) is 0 Å². The molecule has 2 rings (SSSR count). The van der Waals surface area contributed by atoms with Gasteiger partial charge in [-0.05, 0) is 31.4 Å². The quantitative estimate of drug-likeness (QED) is 0.894. The first-order valence-electron chi connectivity index (χ1n) is 7.59. The number of urea groups is 1. The molecular formula is C16H23N3O2. The van der Waals surface area contributed by atoms with E-state index in [-0.39, 0.29) is 17.9 Å². The van der Waals surface area contributed by atoms with Crippen molar-refractivity contribution in [2.45, 2.75) is 26.2 Å². The van der Waals surface area contributed by atoms with Crippen molar-refractivity contribution in [2.24, 2.45) is 5.92 Å². The molecule has 0 aromatic heterocycles. The van der Waals surface area contributed by atoms with Crippen LogP contribution in [0.5, 0.6) is 0 Å². The molecule has 0 aliphatic carbocycles. The number of hydrogen-bond acceptors (Lipinski definition) is 2. The van der Waals surface area contributed by atoms with Crippen molar-refractivity contribution in [1.29, 1.82) is 0 Å². The minimum absolute atomic E-state index is 0.0639. The van der Waals surface area contributed by atoms with Crippen molar-refractivity contribution in [3.63, 3.8) is 0 Å². The van der Waals surface area contributed by atoms with Crippen LogP contribution in [-0.4, -0.2) is 36.5 Å². The van der Waals surface area contributed by atoms with E-state index in [1.807, 2.05) is 37.3 Å². The van der Waals surface area contributed by atoms with Crippen molar-refractivity contribution in [3.05, 3.63) is 30.3 Å². The number of amides is 3. The summed E-state index contributed by atoms with van der Waals surface area (Å²) >= 11 is 0. The van der Waals surface area contributed by atoms with Gasteiger partial charge in [0.15, 0.2) is 0 Å². The normalized spacial score (nSPS) is 18.1. The highest BCUT2D eigenvalue weighted by Crippen LogP contribution is 2.18. The van der Waals surface area contributed by atoms with Crippen molar-refractivity contribution in [1.82, 2.24) is 10.2 Å². The van der Waals surface area contributed by atoms with Crippen LogP contribution in [0.4, 0.5) is 10.5 Å². The molecule has 5 nitrogen and oxygen atoms in total. The number of rotatable bonds is 4. The van der Waals surface area contributed by atoms with Gasteiger partial charge in [-0.25, -0.2) is 4.79 Å². The SMILES string of the molecule is CCCNC(=O)C1CCCN(C(=O)Nc2ccccc2)C1. The number of benzene rings is 1. The number of para-hydroxylation sites is 1. The highest BCUT2D eigenvalue weighted by molar-refractivity contribution is 5.90. The monoisotopic (exact) mass is 289 g/mol. The summed E-state index contributed by atoms with van der Waals surface area (Å²) in [6.07, 6.45) is 2.65. The summed E-state index contributed by atoms with van der Waals surface area (Å²) in [6, 6.07) is 9.25. The largest absolute Gasteiger partial charge is 0.356 e. The van der Waals surface area contributed by atoms with Crippen molar-refractivity contribution >= 4 is 17.6 Å². The minimum Gasteiger partial charge on any atom is -0.356 e. The molecule has 1 atom stereocenters. The van der Waals surface area contributed by atoms with Crippen molar-refractivity contribution < 1.29 is 9.59 Å². The second kappa shape index (κ2) is 7.67. The lowest BCUT2D eigenvalue weighted by molar-refractivity contribution is -0.126. The van der Waals surface area contributed by atoms with Crippen LogP contribution in [0.1, 0.15) is 26.2 Å². The maximum atomic E-state index is 12.2. The zero-order valence-electron chi connectivity index (χ0n) is 12.5. The highest BCUT2D eigenvalue weighted by atomic mass is 16.2. The van der Waals surface area contributed by atoms with Gasteiger partial charge in [0.25, 0.3) is 0 Å². The summed E-state index contributed by atoms with van der Waals surface area (Å²) in [5.74, 6) is -0.0270. The van der Waals surface area contributed by atoms with E-state index < -0.39 is 0 Å². The molecule has 1 heterocycles. The van der Waals surface area contributed by atoms with Gasteiger partial charge in [-0.3, -0.25) is 4.79 Å². The van der Waals surface area contributed by atoms with Crippen LogP contribution in [0.15, 0.2) is 30.3 Å². The van der Waals surface area contributed by atoms with Gasteiger partial charge in [0.2, 0.25) is 5.91 Å². The summed E-state index contributed by atoms with van der Waals surface area (Å²) in [6.45, 7) is 3.93. The van der Waals surface area contributed by atoms with Gasteiger partial charge in [0, 0.05) is 25.3 Å². The zero-order chi connectivity index (χ0) is 15.1. The number of piperidine rings is 1. The van der Waals surface area contributed by atoms with E-state index in [1.165, 1.54) is 0 Å². The fourth-order valence-electron chi connectivity index (χ4n) is 2.49. The number of anilines is 1. The fraction of sp³-hybridized carbons (Fsp3) is 0.500. The fourth-order valence-corrected chi connectivity index (χ4v) is 2.49. The van der Waals surface area contributed by atoms with Crippen LogP contribution in [0.2, 0.25) is 0 Å². The smallest absolute Gasteiger partial charge is 0.321 e. The molecule has 1 saturated heterocycles. The number of carbonyl (C=O) groups excluding carboxylic acids is 2. The third-order valence-electron chi connectivity index (χ3n) is 3.65. The van der Waals surface area contributed by atoms with Crippen LogP contribution >= 0.6 is 0 Å². The van der Waals surface area contributed by atoms with Gasteiger partial charge in [0.05, 0.1) is 5.92 Å². The highest BCUT2D eigenvalue weighted by Gasteiger charge is 2.28. The molecule has 3 amide bonds. The first kappa shape index (κ1) is 15.4. The standard InChI is InChI=1S/C16H23N3O2/c1-2-10-17-15(20)13-7-6-11-19(12-13)16(21)18-14-8-4-3-5-9-14/h3-5,8-9,13H,2,6-7,10-12H2,1H3,(H,17,20)(H,18,21). The Morgan fingerprint density at radius 3 is 2.76 bits per heavy atom. The lowest BCUT2D eigenvalue weighted by Gasteiger charge is -2.32. The molecule has 1 fully saturated rings. The Labute approximate surface area is 125 Å². The van der Waals surface area contributed by atoms with Gasteiger partial charge >= 0.3 is 6.03 Å². The molecule has 21 heavy (non-hydrogen) atoms. The number of hydrogen-bond donors (Lipinski definition) is 2. The molecule has 2 N–H and O–H groups in total. The Morgan fingerprint density at radius 2 is 2.05 bits per heavy atom. The first-order chi connectivity index (χ1) is 10.2. The topological polar surface area (TPSA) is 61.4 Å².